The molecule has 62 valence electrons. The van der Waals surface area contributed by atoms with Crippen LogP contribution in [0.25, 0.3) is 0 Å². The van der Waals surface area contributed by atoms with Gasteiger partial charge >= 0.3 is 0 Å². The maximum Gasteiger partial charge on any atom is 0.0118 e. The Morgan fingerprint density at radius 2 is 2.27 bits per heavy atom. The van der Waals surface area contributed by atoms with E-state index < -0.39 is 0 Å². The van der Waals surface area contributed by atoms with Crippen LogP contribution < -0.4 is 5.73 Å². The molecule has 1 aromatic rings. The second kappa shape index (κ2) is 4.19. The summed E-state index contributed by atoms with van der Waals surface area (Å²) in [6.45, 7) is 2.88. The molecule has 0 amide bonds. The van der Waals surface area contributed by atoms with Crippen molar-refractivity contribution in [2.24, 2.45) is 5.73 Å². The molecule has 11 heavy (non-hydrogen) atoms. The molecular formula is C9H16N2. The smallest absolute Gasteiger partial charge is 0.0118 e. The Labute approximate surface area is 67.8 Å². The Bertz CT molecular complexity index is 203. The van der Waals surface area contributed by atoms with Crippen LogP contribution >= 0.6 is 0 Å². The van der Waals surface area contributed by atoms with Crippen molar-refractivity contribution >= 4 is 0 Å². The quantitative estimate of drug-likeness (QED) is 0.632. The predicted molar refractivity (Wildman–Crippen MR) is 47.5 cm³/mol. The van der Waals surface area contributed by atoms with Crippen molar-refractivity contribution in [2.75, 3.05) is 6.54 Å². The number of rotatable bonds is 4. The van der Waals surface area contributed by atoms with Gasteiger partial charge in [-0.15, -0.1) is 0 Å². The normalized spacial score (nSPS) is 10.4. The molecule has 0 unspecified atom stereocenters. The lowest BCUT2D eigenvalue weighted by molar-refractivity contribution is 0.745. The molecular weight excluding hydrogens is 136 g/mol. The highest BCUT2D eigenvalue weighted by atomic mass is 14.7. The molecule has 0 atom stereocenters. The zero-order chi connectivity index (χ0) is 8.10. The molecule has 0 saturated carbocycles. The number of unbranched alkanes of at least 4 members (excludes halogenated alkanes) is 1. The molecule has 2 heteroatoms. The summed E-state index contributed by atoms with van der Waals surface area (Å²) in [5, 5.41) is 0. The van der Waals surface area contributed by atoms with E-state index in [-0.39, 0.29) is 0 Å². The van der Waals surface area contributed by atoms with Crippen molar-refractivity contribution in [3.63, 3.8) is 0 Å². The molecule has 0 aliphatic rings. The van der Waals surface area contributed by atoms with Gasteiger partial charge < -0.3 is 10.7 Å². The highest BCUT2D eigenvalue weighted by Crippen LogP contribution is 2.05. The molecule has 0 aliphatic heterocycles. The van der Waals surface area contributed by atoms with Gasteiger partial charge in [0.25, 0.3) is 0 Å². The minimum absolute atomic E-state index is 0.809. The highest BCUT2D eigenvalue weighted by Gasteiger charge is 1.93. The molecule has 0 fully saturated rings. The van der Waals surface area contributed by atoms with E-state index in [1.807, 2.05) is 0 Å². The van der Waals surface area contributed by atoms with Crippen molar-refractivity contribution in [1.82, 2.24) is 4.98 Å². The summed E-state index contributed by atoms with van der Waals surface area (Å²) in [5.74, 6) is 0. The predicted octanol–water partition coefficient (Wildman–Crippen LogP) is 1.60. The Morgan fingerprint density at radius 1 is 1.45 bits per heavy atom. The number of nitrogens with two attached hydrogens (primary N) is 1. The van der Waals surface area contributed by atoms with E-state index in [1.54, 1.807) is 0 Å². The standard InChI is InChI=1S/C9H16N2/c1-8-6-9(7-11-8)4-2-3-5-10/h6-7,11H,2-5,10H2,1H3. The second-order valence-corrected chi connectivity index (χ2v) is 2.94. The first-order valence-electron chi connectivity index (χ1n) is 4.17. The van der Waals surface area contributed by atoms with Gasteiger partial charge in [0.1, 0.15) is 0 Å². The summed E-state index contributed by atoms with van der Waals surface area (Å²) in [6, 6.07) is 2.19. The summed E-state index contributed by atoms with van der Waals surface area (Å²) < 4.78 is 0. The molecule has 1 rings (SSSR count). The first-order chi connectivity index (χ1) is 5.33. The van der Waals surface area contributed by atoms with Crippen molar-refractivity contribution in [3.8, 4) is 0 Å². The van der Waals surface area contributed by atoms with Crippen LogP contribution in [-0.4, -0.2) is 11.5 Å². The first-order valence-corrected chi connectivity index (χ1v) is 4.17. The molecule has 1 aromatic heterocycles. The lowest BCUT2D eigenvalue weighted by atomic mass is 10.1. The van der Waals surface area contributed by atoms with Gasteiger partial charge in [-0.25, -0.2) is 0 Å². The monoisotopic (exact) mass is 152 g/mol. The fourth-order valence-electron chi connectivity index (χ4n) is 1.19. The Morgan fingerprint density at radius 3 is 2.82 bits per heavy atom. The molecule has 1 heterocycles. The van der Waals surface area contributed by atoms with Gasteiger partial charge in [0, 0.05) is 11.9 Å². The zero-order valence-electron chi connectivity index (χ0n) is 7.06. The Hall–Kier alpha value is -0.760. The molecule has 0 radical (unpaired) electrons. The van der Waals surface area contributed by atoms with Crippen molar-refractivity contribution in [3.05, 3.63) is 23.5 Å². The molecule has 2 nitrogen and oxygen atoms in total. The van der Waals surface area contributed by atoms with E-state index in [2.05, 4.69) is 24.2 Å². The van der Waals surface area contributed by atoms with Gasteiger partial charge in [-0.1, -0.05) is 0 Å². The third kappa shape index (κ3) is 2.76. The summed E-state index contributed by atoms with van der Waals surface area (Å²) >= 11 is 0. The van der Waals surface area contributed by atoms with Crippen LogP contribution in [0.3, 0.4) is 0 Å². The van der Waals surface area contributed by atoms with Crippen LogP contribution in [-0.2, 0) is 6.42 Å². The van der Waals surface area contributed by atoms with Crippen LogP contribution in [0.1, 0.15) is 24.1 Å². The van der Waals surface area contributed by atoms with Gasteiger partial charge in [0.15, 0.2) is 0 Å². The fourth-order valence-corrected chi connectivity index (χ4v) is 1.19. The van der Waals surface area contributed by atoms with Gasteiger partial charge in [-0.2, -0.15) is 0 Å². The first kappa shape index (κ1) is 8.34. The van der Waals surface area contributed by atoms with Crippen molar-refractivity contribution in [2.45, 2.75) is 26.2 Å². The van der Waals surface area contributed by atoms with E-state index in [0.29, 0.717) is 0 Å². The number of H-pyrrole nitrogens is 1. The molecule has 0 spiro atoms. The minimum atomic E-state index is 0.809. The molecule has 0 bridgehead atoms. The summed E-state index contributed by atoms with van der Waals surface area (Å²) in [4.78, 5) is 3.16. The molecule has 3 N–H and O–H groups in total. The molecule has 0 aliphatic carbocycles. The van der Waals surface area contributed by atoms with Crippen molar-refractivity contribution in [1.29, 1.82) is 0 Å². The number of hydrogen-bond donors (Lipinski definition) is 2. The Balaban J connectivity index is 2.27. The number of aromatic amines is 1. The third-order valence-electron chi connectivity index (χ3n) is 1.81. The lowest BCUT2D eigenvalue weighted by Gasteiger charge is -1.94. The fraction of sp³-hybridized carbons (Fsp3) is 0.556. The van der Waals surface area contributed by atoms with Crippen LogP contribution in [0.4, 0.5) is 0 Å². The number of aromatic nitrogens is 1. The van der Waals surface area contributed by atoms with Crippen LogP contribution in [0, 0.1) is 6.92 Å². The summed E-state index contributed by atoms with van der Waals surface area (Å²) in [7, 11) is 0. The van der Waals surface area contributed by atoms with Crippen molar-refractivity contribution < 1.29 is 0 Å². The highest BCUT2D eigenvalue weighted by molar-refractivity contribution is 5.15. The van der Waals surface area contributed by atoms with E-state index in [1.165, 1.54) is 17.7 Å². The summed E-state index contributed by atoms with van der Waals surface area (Å²) in [5.41, 5.74) is 8.03. The third-order valence-corrected chi connectivity index (χ3v) is 1.81. The van der Waals surface area contributed by atoms with E-state index in [4.69, 9.17) is 5.73 Å². The zero-order valence-corrected chi connectivity index (χ0v) is 7.06. The van der Waals surface area contributed by atoms with E-state index in [0.717, 1.165) is 19.4 Å². The van der Waals surface area contributed by atoms with Gasteiger partial charge in [-0.3, -0.25) is 0 Å². The minimum Gasteiger partial charge on any atom is -0.365 e. The van der Waals surface area contributed by atoms with E-state index in [9.17, 15) is 0 Å². The topological polar surface area (TPSA) is 41.8 Å². The van der Waals surface area contributed by atoms with Gasteiger partial charge in [-0.05, 0) is 44.4 Å². The molecule has 0 saturated heterocycles. The average Bonchev–Trinajstić information content (AvgIpc) is 2.37. The Kier molecular flexibility index (Phi) is 3.17. The number of nitrogens with one attached hydrogen (secondary N) is 1. The van der Waals surface area contributed by atoms with Crippen LogP contribution in [0.5, 0.6) is 0 Å². The van der Waals surface area contributed by atoms with E-state index >= 15 is 0 Å². The largest absolute Gasteiger partial charge is 0.365 e. The number of hydrogen-bond acceptors (Lipinski definition) is 1. The van der Waals surface area contributed by atoms with Gasteiger partial charge in [0.2, 0.25) is 0 Å². The maximum absolute atomic E-state index is 5.39. The lowest BCUT2D eigenvalue weighted by Crippen LogP contribution is -1.98. The van der Waals surface area contributed by atoms with Gasteiger partial charge in [0.05, 0.1) is 0 Å². The molecule has 0 aromatic carbocycles. The van der Waals surface area contributed by atoms with Crippen LogP contribution in [0.2, 0.25) is 0 Å². The average molecular weight is 152 g/mol. The SMILES string of the molecule is Cc1cc(CCCCN)c[nH]1. The van der Waals surface area contributed by atoms with Crippen LogP contribution in [0.15, 0.2) is 12.3 Å². The summed E-state index contributed by atoms with van der Waals surface area (Å²) in [6.07, 6.45) is 5.56. The maximum atomic E-state index is 5.39. The second-order valence-electron chi connectivity index (χ2n) is 2.94. The number of aryl methyl sites for hydroxylation is 2.